The second-order valence-electron chi connectivity index (χ2n) is 3.72. The minimum Gasteiger partial charge on any atom is -0.326 e. The number of nitrogens with zero attached hydrogens (tertiary/aromatic N) is 1. The zero-order chi connectivity index (χ0) is 12.1. The van der Waals surface area contributed by atoms with E-state index in [1.165, 1.54) is 18.0 Å². The quantitative estimate of drug-likeness (QED) is 0.841. The van der Waals surface area contributed by atoms with E-state index in [0.29, 0.717) is 12.1 Å². The van der Waals surface area contributed by atoms with E-state index in [0.717, 1.165) is 5.56 Å². The van der Waals surface area contributed by atoms with Gasteiger partial charge in [-0.25, -0.2) is 13.2 Å². The van der Waals surface area contributed by atoms with E-state index >= 15 is 0 Å². The van der Waals surface area contributed by atoms with Crippen molar-refractivity contribution >= 4 is 0 Å². The van der Waals surface area contributed by atoms with Crippen molar-refractivity contribution in [1.82, 2.24) is 4.90 Å². The molecule has 2 N–H and O–H groups in total. The van der Waals surface area contributed by atoms with E-state index in [-0.39, 0.29) is 13.1 Å². The lowest BCUT2D eigenvalue weighted by Crippen LogP contribution is -2.24. The molecule has 0 aromatic heterocycles. The Labute approximate surface area is 92.9 Å². The zero-order valence-corrected chi connectivity index (χ0v) is 9.09. The molecule has 1 rings (SSSR count). The summed E-state index contributed by atoms with van der Waals surface area (Å²) >= 11 is 0. The van der Waals surface area contributed by atoms with Gasteiger partial charge in [0.25, 0.3) is 6.43 Å². The highest BCUT2D eigenvalue weighted by atomic mass is 19.3. The minimum absolute atomic E-state index is 0.157. The Kier molecular flexibility index (Phi) is 4.76. The Morgan fingerprint density at radius 1 is 1.38 bits per heavy atom. The van der Waals surface area contributed by atoms with Crippen LogP contribution < -0.4 is 5.73 Å². The summed E-state index contributed by atoms with van der Waals surface area (Å²) in [4.78, 5) is 1.38. The Morgan fingerprint density at radius 3 is 2.62 bits per heavy atom. The SMILES string of the molecule is CN(Cc1cc(CN)ccc1F)CC(F)F. The molecule has 0 aliphatic carbocycles. The fourth-order valence-electron chi connectivity index (χ4n) is 1.47. The Balaban J connectivity index is 2.71. The van der Waals surface area contributed by atoms with E-state index in [1.807, 2.05) is 0 Å². The van der Waals surface area contributed by atoms with Gasteiger partial charge in [0, 0.05) is 18.7 Å². The van der Waals surface area contributed by atoms with Crippen molar-refractivity contribution in [3.05, 3.63) is 35.1 Å². The number of nitrogens with two attached hydrogens (primary N) is 1. The van der Waals surface area contributed by atoms with E-state index in [9.17, 15) is 13.2 Å². The van der Waals surface area contributed by atoms with E-state index < -0.39 is 12.2 Å². The Hall–Kier alpha value is -1.07. The van der Waals surface area contributed by atoms with Crippen molar-refractivity contribution in [2.45, 2.75) is 19.5 Å². The van der Waals surface area contributed by atoms with E-state index in [2.05, 4.69) is 0 Å². The molecule has 0 heterocycles. The molecule has 5 heteroatoms. The molecule has 0 fully saturated rings. The number of hydrogen-bond donors (Lipinski definition) is 1. The molecular formula is C11H15F3N2. The van der Waals surface area contributed by atoms with Gasteiger partial charge in [0.05, 0.1) is 6.54 Å². The summed E-state index contributed by atoms with van der Waals surface area (Å²) in [6, 6.07) is 4.51. The standard InChI is InChI=1S/C11H15F3N2/c1-16(7-11(13)14)6-9-4-8(5-15)2-3-10(9)12/h2-4,11H,5-7,15H2,1H3. The predicted molar refractivity (Wildman–Crippen MR) is 56.6 cm³/mol. The molecule has 16 heavy (non-hydrogen) atoms. The molecular weight excluding hydrogens is 217 g/mol. The van der Waals surface area contributed by atoms with Crippen molar-refractivity contribution in [2.75, 3.05) is 13.6 Å². The van der Waals surface area contributed by atoms with Gasteiger partial charge in [-0.2, -0.15) is 0 Å². The number of hydrogen-bond acceptors (Lipinski definition) is 2. The maximum atomic E-state index is 13.3. The summed E-state index contributed by atoms with van der Waals surface area (Å²) < 4.78 is 37.5. The van der Waals surface area contributed by atoms with Crippen molar-refractivity contribution in [3.8, 4) is 0 Å². The zero-order valence-electron chi connectivity index (χ0n) is 9.09. The average molecular weight is 232 g/mol. The molecule has 90 valence electrons. The first-order chi connectivity index (χ1) is 7.52. The van der Waals surface area contributed by atoms with Crippen LogP contribution in [0.25, 0.3) is 0 Å². The summed E-state index contributed by atoms with van der Waals surface area (Å²) in [5, 5.41) is 0. The Bertz CT molecular complexity index is 342. The molecule has 0 saturated heterocycles. The van der Waals surface area contributed by atoms with Crippen LogP contribution in [-0.2, 0) is 13.1 Å². The second-order valence-corrected chi connectivity index (χ2v) is 3.72. The maximum absolute atomic E-state index is 13.3. The first kappa shape index (κ1) is 13.0. The molecule has 0 spiro atoms. The molecule has 0 radical (unpaired) electrons. The average Bonchev–Trinajstić information content (AvgIpc) is 2.20. The lowest BCUT2D eigenvalue weighted by atomic mass is 10.1. The molecule has 0 saturated carbocycles. The van der Waals surface area contributed by atoms with Crippen LogP contribution in [0.15, 0.2) is 18.2 Å². The van der Waals surface area contributed by atoms with Gasteiger partial charge < -0.3 is 5.73 Å². The number of alkyl halides is 2. The van der Waals surface area contributed by atoms with Crippen molar-refractivity contribution in [1.29, 1.82) is 0 Å². The number of halogens is 3. The molecule has 1 aromatic rings. The first-order valence-corrected chi connectivity index (χ1v) is 4.97. The number of benzene rings is 1. The van der Waals surface area contributed by atoms with Gasteiger partial charge in [0.1, 0.15) is 5.82 Å². The fourth-order valence-corrected chi connectivity index (χ4v) is 1.47. The van der Waals surface area contributed by atoms with Gasteiger partial charge in [0.15, 0.2) is 0 Å². The smallest absolute Gasteiger partial charge is 0.251 e. The third-order valence-corrected chi connectivity index (χ3v) is 2.24. The normalized spacial score (nSPS) is 11.4. The van der Waals surface area contributed by atoms with E-state index in [4.69, 9.17) is 5.73 Å². The minimum atomic E-state index is -2.41. The van der Waals surface area contributed by atoms with Crippen molar-refractivity contribution in [2.24, 2.45) is 5.73 Å². The highest BCUT2D eigenvalue weighted by Crippen LogP contribution is 2.13. The predicted octanol–water partition coefficient (Wildman–Crippen LogP) is 1.98. The summed E-state index contributed by atoms with van der Waals surface area (Å²) in [6.07, 6.45) is -2.41. The third kappa shape index (κ3) is 3.83. The molecule has 0 amide bonds. The van der Waals surface area contributed by atoms with Gasteiger partial charge in [-0.15, -0.1) is 0 Å². The second kappa shape index (κ2) is 5.86. The summed E-state index contributed by atoms with van der Waals surface area (Å²) in [7, 11) is 1.53. The molecule has 2 nitrogen and oxygen atoms in total. The van der Waals surface area contributed by atoms with Gasteiger partial charge >= 0.3 is 0 Å². The van der Waals surface area contributed by atoms with Crippen LogP contribution >= 0.6 is 0 Å². The van der Waals surface area contributed by atoms with Crippen molar-refractivity contribution in [3.63, 3.8) is 0 Å². The van der Waals surface area contributed by atoms with Crippen LogP contribution in [0.1, 0.15) is 11.1 Å². The van der Waals surface area contributed by atoms with E-state index in [1.54, 1.807) is 12.1 Å². The van der Waals surface area contributed by atoms with Crippen LogP contribution in [-0.4, -0.2) is 24.9 Å². The highest BCUT2D eigenvalue weighted by molar-refractivity contribution is 5.24. The monoisotopic (exact) mass is 232 g/mol. The fraction of sp³-hybridized carbons (Fsp3) is 0.455. The van der Waals surface area contributed by atoms with Crippen LogP contribution in [0.4, 0.5) is 13.2 Å². The van der Waals surface area contributed by atoms with Crippen LogP contribution in [0.5, 0.6) is 0 Å². The molecule has 0 aliphatic heterocycles. The summed E-state index contributed by atoms with van der Waals surface area (Å²) in [5.41, 5.74) is 6.61. The van der Waals surface area contributed by atoms with Crippen LogP contribution in [0.2, 0.25) is 0 Å². The molecule has 0 atom stereocenters. The molecule has 0 aliphatic rings. The third-order valence-electron chi connectivity index (χ3n) is 2.24. The topological polar surface area (TPSA) is 29.3 Å². The first-order valence-electron chi connectivity index (χ1n) is 4.97. The lowest BCUT2D eigenvalue weighted by Gasteiger charge is -2.16. The molecule has 0 unspecified atom stereocenters. The van der Waals surface area contributed by atoms with Gasteiger partial charge in [-0.3, -0.25) is 4.90 Å². The lowest BCUT2D eigenvalue weighted by molar-refractivity contribution is 0.0970. The van der Waals surface area contributed by atoms with Gasteiger partial charge in [-0.05, 0) is 18.7 Å². The van der Waals surface area contributed by atoms with Crippen molar-refractivity contribution < 1.29 is 13.2 Å². The maximum Gasteiger partial charge on any atom is 0.251 e. The summed E-state index contributed by atoms with van der Waals surface area (Å²) in [6.45, 7) is 0.0994. The largest absolute Gasteiger partial charge is 0.326 e. The van der Waals surface area contributed by atoms with Gasteiger partial charge in [-0.1, -0.05) is 12.1 Å². The number of rotatable bonds is 5. The van der Waals surface area contributed by atoms with Crippen LogP contribution in [0, 0.1) is 5.82 Å². The molecule has 0 bridgehead atoms. The van der Waals surface area contributed by atoms with Gasteiger partial charge in [0.2, 0.25) is 0 Å². The molecule has 1 aromatic carbocycles. The Morgan fingerprint density at radius 2 is 2.06 bits per heavy atom. The van der Waals surface area contributed by atoms with Crippen LogP contribution in [0.3, 0.4) is 0 Å². The highest BCUT2D eigenvalue weighted by Gasteiger charge is 2.10. The summed E-state index contributed by atoms with van der Waals surface area (Å²) in [5.74, 6) is -0.390.